The second-order valence-corrected chi connectivity index (χ2v) is 4.70. The first kappa shape index (κ1) is 11.1. The Morgan fingerprint density at radius 3 is 2.94 bits per heavy atom. The second-order valence-electron chi connectivity index (χ2n) is 4.70. The van der Waals surface area contributed by atoms with E-state index in [1.54, 1.807) is 6.92 Å². The van der Waals surface area contributed by atoms with Crippen molar-refractivity contribution in [3.63, 3.8) is 0 Å². The van der Waals surface area contributed by atoms with E-state index in [9.17, 15) is 4.79 Å². The van der Waals surface area contributed by atoms with E-state index in [0.29, 0.717) is 17.9 Å². The molecule has 0 radical (unpaired) electrons. The van der Waals surface area contributed by atoms with Gasteiger partial charge in [0.05, 0.1) is 0 Å². The lowest BCUT2D eigenvalue weighted by atomic mass is 9.80. The van der Waals surface area contributed by atoms with Crippen molar-refractivity contribution in [2.45, 2.75) is 38.5 Å². The van der Waals surface area contributed by atoms with E-state index in [2.05, 4.69) is 30.8 Å². The highest BCUT2D eigenvalue weighted by molar-refractivity contribution is 5.94. The van der Waals surface area contributed by atoms with Crippen LogP contribution in [0.25, 0.3) is 0 Å². The van der Waals surface area contributed by atoms with Crippen LogP contribution >= 0.6 is 0 Å². The van der Waals surface area contributed by atoms with E-state index in [4.69, 9.17) is 0 Å². The number of hydrogen-bond donors (Lipinski definition) is 0. The first-order chi connectivity index (χ1) is 7.68. The van der Waals surface area contributed by atoms with Gasteiger partial charge in [-0.1, -0.05) is 30.8 Å². The summed E-state index contributed by atoms with van der Waals surface area (Å²) in [5.41, 5.74) is 3.49. The number of carbonyl (C=O) groups excluding carboxylic acids is 1. The van der Waals surface area contributed by atoms with Gasteiger partial charge in [-0.2, -0.15) is 0 Å². The third-order valence-corrected chi connectivity index (χ3v) is 3.40. The van der Waals surface area contributed by atoms with Gasteiger partial charge in [-0.25, -0.2) is 0 Å². The molecule has 0 heterocycles. The van der Waals surface area contributed by atoms with Gasteiger partial charge in [-0.3, -0.25) is 4.79 Å². The largest absolute Gasteiger partial charge is 0.295 e. The summed E-state index contributed by atoms with van der Waals surface area (Å²) in [5.74, 6) is 0.621. The Labute approximate surface area is 97.2 Å². The molecule has 1 aromatic carbocycles. The monoisotopic (exact) mass is 214 g/mol. The summed E-state index contributed by atoms with van der Waals surface area (Å²) in [6.45, 7) is 5.53. The quantitative estimate of drug-likeness (QED) is 0.702. The molecule has 1 unspecified atom stereocenters. The van der Waals surface area contributed by atoms with Crippen molar-refractivity contribution in [3.8, 4) is 0 Å². The number of benzene rings is 1. The minimum absolute atomic E-state index is 0.210. The summed E-state index contributed by atoms with van der Waals surface area (Å²) in [6.07, 6.45) is 4.13. The zero-order chi connectivity index (χ0) is 11.5. The molecule has 0 fully saturated rings. The number of aryl methyl sites for hydroxylation is 1. The van der Waals surface area contributed by atoms with Crippen molar-refractivity contribution < 1.29 is 4.79 Å². The molecule has 1 heteroatoms. The number of carbonyl (C=O) groups is 1. The van der Waals surface area contributed by atoms with Crippen LogP contribution in [0.3, 0.4) is 0 Å². The van der Waals surface area contributed by atoms with Crippen LogP contribution in [0.15, 0.2) is 36.4 Å². The van der Waals surface area contributed by atoms with Gasteiger partial charge in [0.25, 0.3) is 0 Å². The van der Waals surface area contributed by atoms with E-state index < -0.39 is 0 Å². The number of allylic oxidation sites excluding steroid dienone is 1. The Balaban J connectivity index is 2.19. The van der Waals surface area contributed by atoms with Gasteiger partial charge in [-0.15, -0.1) is 0 Å². The van der Waals surface area contributed by atoms with Gasteiger partial charge in [-0.05, 0) is 48.8 Å². The number of hydrogen-bond acceptors (Lipinski definition) is 1. The molecule has 0 N–H and O–H groups in total. The summed E-state index contributed by atoms with van der Waals surface area (Å²) in [5, 5.41) is 0. The van der Waals surface area contributed by atoms with Gasteiger partial charge in [0.1, 0.15) is 0 Å². The van der Waals surface area contributed by atoms with Crippen molar-refractivity contribution >= 4 is 5.78 Å². The number of Topliss-reactive ketones (excluding diaryl/α,β-unsaturated/α-hetero) is 1. The highest BCUT2D eigenvalue weighted by Gasteiger charge is 2.22. The lowest BCUT2D eigenvalue weighted by Crippen LogP contribution is -2.14. The minimum atomic E-state index is 0.210. The van der Waals surface area contributed by atoms with Gasteiger partial charge in [0.15, 0.2) is 5.78 Å². The van der Waals surface area contributed by atoms with Crippen molar-refractivity contribution in [2.24, 2.45) is 0 Å². The van der Waals surface area contributed by atoms with Gasteiger partial charge in [0, 0.05) is 6.42 Å². The molecule has 1 aromatic rings. The molecule has 1 atom stereocenters. The first-order valence-corrected chi connectivity index (χ1v) is 5.95. The molecule has 0 saturated carbocycles. The number of fused-ring (bicyclic) bond motifs is 1. The maximum atomic E-state index is 11.7. The molecule has 0 aromatic heterocycles. The Morgan fingerprint density at radius 2 is 2.19 bits per heavy atom. The summed E-state index contributed by atoms with van der Waals surface area (Å²) < 4.78 is 0. The van der Waals surface area contributed by atoms with Crippen LogP contribution in [-0.4, -0.2) is 5.78 Å². The predicted molar refractivity (Wildman–Crippen MR) is 66.6 cm³/mol. The summed E-state index contributed by atoms with van der Waals surface area (Å²) in [6, 6.07) is 8.52. The lowest BCUT2D eigenvalue weighted by Gasteiger charge is -2.24. The molecule has 1 aliphatic carbocycles. The third-order valence-electron chi connectivity index (χ3n) is 3.40. The summed E-state index contributed by atoms with van der Waals surface area (Å²) in [7, 11) is 0. The molecule has 2 rings (SSSR count). The molecule has 1 nitrogen and oxygen atoms in total. The van der Waals surface area contributed by atoms with Crippen LogP contribution in [0.1, 0.15) is 43.2 Å². The molecule has 16 heavy (non-hydrogen) atoms. The average molecular weight is 214 g/mol. The van der Waals surface area contributed by atoms with Crippen LogP contribution in [0, 0.1) is 0 Å². The first-order valence-electron chi connectivity index (χ1n) is 5.95. The minimum Gasteiger partial charge on any atom is -0.295 e. The Hall–Kier alpha value is -1.37. The van der Waals surface area contributed by atoms with Gasteiger partial charge in [0.2, 0.25) is 0 Å². The van der Waals surface area contributed by atoms with E-state index in [-0.39, 0.29) is 5.78 Å². The van der Waals surface area contributed by atoms with E-state index in [1.807, 2.05) is 0 Å². The van der Waals surface area contributed by atoms with Crippen molar-refractivity contribution in [1.29, 1.82) is 0 Å². The predicted octanol–water partition coefficient (Wildman–Crippen LogP) is 3.64. The second kappa shape index (κ2) is 4.65. The normalized spacial score (nSPS) is 18.9. The van der Waals surface area contributed by atoms with Crippen LogP contribution in [0.2, 0.25) is 0 Å². The fraction of sp³-hybridized carbons (Fsp3) is 0.400. The van der Waals surface area contributed by atoms with Gasteiger partial charge < -0.3 is 0 Å². The van der Waals surface area contributed by atoms with E-state index in [1.165, 1.54) is 17.5 Å². The standard InChI is InChI=1S/C15H18O/c1-11(2)15(16)10-13-8-5-7-12-6-3-4-9-14(12)13/h3-4,6,9,13H,1,5,7-8,10H2,2H3. The lowest BCUT2D eigenvalue weighted by molar-refractivity contribution is -0.115. The van der Waals surface area contributed by atoms with Crippen molar-refractivity contribution in [1.82, 2.24) is 0 Å². The van der Waals surface area contributed by atoms with Crippen molar-refractivity contribution in [3.05, 3.63) is 47.5 Å². The smallest absolute Gasteiger partial charge is 0.158 e. The molecule has 0 amide bonds. The molecule has 1 aliphatic rings. The fourth-order valence-corrected chi connectivity index (χ4v) is 2.46. The maximum absolute atomic E-state index is 11.7. The van der Waals surface area contributed by atoms with Crippen molar-refractivity contribution in [2.75, 3.05) is 0 Å². The zero-order valence-corrected chi connectivity index (χ0v) is 9.83. The van der Waals surface area contributed by atoms with Crippen LogP contribution in [-0.2, 0) is 11.2 Å². The third kappa shape index (κ3) is 2.24. The molecular formula is C15H18O. The van der Waals surface area contributed by atoms with Crippen LogP contribution in [0.4, 0.5) is 0 Å². The van der Waals surface area contributed by atoms with E-state index in [0.717, 1.165) is 12.8 Å². The van der Waals surface area contributed by atoms with E-state index >= 15 is 0 Å². The Kier molecular flexibility index (Phi) is 3.23. The molecular weight excluding hydrogens is 196 g/mol. The van der Waals surface area contributed by atoms with Gasteiger partial charge >= 0.3 is 0 Å². The highest BCUT2D eigenvalue weighted by atomic mass is 16.1. The Bertz CT molecular complexity index is 417. The topological polar surface area (TPSA) is 17.1 Å². The zero-order valence-electron chi connectivity index (χ0n) is 9.83. The Morgan fingerprint density at radius 1 is 1.44 bits per heavy atom. The van der Waals surface area contributed by atoms with Crippen LogP contribution in [0.5, 0.6) is 0 Å². The maximum Gasteiger partial charge on any atom is 0.158 e. The summed E-state index contributed by atoms with van der Waals surface area (Å²) in [4.78, 5) is 11.7. The van der Waals surface area contributed by atoms with Crippen LogP contribution < -0.4 is 0 Å². The molecule has 0 aliphatic heterocycles. The molecule has 0 saturated heterocycles. The fourth-order valence-electron chi connectivity index (χ4n) is 2.46. The molecule has 84 valence electrons. The molecule has 0 bridgehead atoms. The average Bonchev–Trinajstić information content (AvgIpc) is 2.29. The SMILES string of the molecule is C=C(C)C(=O)CC1CCCc2ccccc21. The number of rotatable bonds is 3. The molecule has 0 spiro atoms. The highest BCUT2D eigenvalue weighted by Crippen LogP contribution is 2.34. The summed E-state index contributed by atoms with van der Waals surface area (Å²) >= 11 is 0. The number of ketones is 1.